The van der Waals surface area contributed by atoms with E-state index in [1.165, 1.54) is 28.7 Å². The van der Waals surface area contributed by atoms with Gasteiger partial charge in [-0.05, 0) is 29.1 Å². The van der Waals surface area contributed by atoms with Crippen LogP contribution >= 0.6 is 22.7 Å². The molecule has 4 aromatic rings. The first-order chi connectivity index (χ1) is 16.6. The standard InChI is InChI=1S/C25H22FN3O3S2/c26-20-10-4-5-11-22(20)32-15-21(17-7-2-1-3-8-17)28-23(30)13-18-16-34-25(27-18)29-24(31)14-19-9-6-12-33-19/h1-12,16,21H,13-15H2,(H,28,30)(H,27,29,31). The molecular formula is C25H22FN3O3S2. The molecule has 0 aliphatic carbocycles. The van der Waals surface area contributed by atoms with Crippen molar-refractivity contribution in [2.45, 2.75) is 18.9 Å². The van der Waals surface area contributed by atoms with Crippen LogP contribution < -0.4 is 15.4 Å². The van der Waals surface area contributed by atoms with E-state index < -0.39 is 11.9 Å². The number of anilines is 1. The number of halogens is 1. The maximum absolute atomic E-state index is 13.9. The third-order valence-electron chi connectivity index (χ3n) is 4.83. The first kappa shape index (κ1) is 23.6. The molecule has 6 nitrogen and oxygen atoms in total. The highest BCUT2D eigenvalue weighted by Crippen LogP contribution is 2.21. The molecule has 0 aliphatic rings. The van der Waals surface area contributed by atoms with E-state index in [1.54, 1.807) is 23.6 Å². The number of hydrogen-bond donors (Lipinski definition) is 2. The van der Waals surface area contributed by atoms with Crippen LogP contribution in [0, 0.1) is 5.82 Å². The molecule has 2 aromatic heterocycles. The Bertz CT molecular complexity index is 1230. The number of thiazole rings is 1. The van der Waals surface area contributed by atoms with Gasteiger partial charge in [0.05, 0.1) is 24.6 Å². The van der Waals surface area contributed by atoms with Gasteiger partial charge in [0.15, 0.2) is 16.7 Å². The van der Waals surface area contributed by atoms with Crippen molar-refractivity contribution in [3.05, 3.63) is 99.4 Å². The van der Waals surface area contributed by atoms with Crippen molar-refractivity contribution in [2.24, 2.45) is 0 Å². The van der Waals surface area contributed by atoms with Crippen LogP contribution in [0.2, 0.25) is 0 Å². The van der Waals surface area contributed by atoms with Gasteiger partial charge in [0, 0.05) is 10.3 Å². The lowest BCUT2D eigenvalue weighted by Crippen LogP contribution is -2.33. The molecule has 0 radical (unpaired) electrons. The van der Waals surface area contributed by atoms with Crippen molar-refractivity contribution < 1.29 is 18.7 Å². The van der Waals surface area contributed by atoms with Gasteiger partial charge < -0.3 is 15.4 Å². The summed E-state index contributed by atoms with van der Waals surface area (Å²) in [5, 5.41) is 9.83. The molecule has 0 bridgehead atoms. The molecule has 0 fully saturated rings. The fourth-order valence-electron chi connectivity index (χ4n) is 3.23. The molecule has 174 valence electrons. The third-order valence-corrected chi connectivity index (χ3v) is 6.52. The summed E-state index contributed by atoms with van der Waals surface area (Å²) in [6, 6.07) is 18.8. The van der Waals surface area contributed by atoms with Crippen molar-refractivity contribution in [1.29, 1.82) is 0 Å². The van der Waals surface area contributed by atoms with E-state index in [1.807, 2.05) is 47.8 Å². The molecule has 9 heteroatoms. The Balaban J connectivity index is 1.35. The highest BCUT2D eigenvalue weighted by atomic mass is 32.1. The minimum absolute atomic E-state index is 0.0420. The van der Waals surface area contributed by atoms with Crippen molar-refractivity contribution in [1.82, 2.24) is 10.3 Å². The topological polar surface area (TPSA) is 80.3 Å². The van der Waals surface area contributed by atoms with E-state index in [0.717, 1.165) is 10.4 Å². The number of nitrogens with zero attached hydrogens (tertiary/aromatic N) is 1. The minimum atomic E-state index is -0.475. The molecular weight excluding hydrogens is 473 g/mol. The number of ether oxygens (including phenoxy) is 1. The summed E-state index contributed by atoms with van der Waals surface area (Å²) in [6.45, 7) is 0.0672. The molecule has 34 heavy (non-hydrogen) atoms. The molecule has 0 saturated carbocycles. The quantitative estimate of drug-likeness (QED) is 0.324. The van der Waals surface area contributed by atoms with E-state index in [-0.39, 0.29) is 37.0 Å². The lowest BCUT2D eigenvalue weighted by molar-refractivity contribution is -0.121. The third kappa shape index (κ3) is 6.72. The second-order valence-corrected chi connectivity index (χ2v) is 9.29. The first-order valence-corrected chi connectivity index (χ1v) is 12.3. The number of carbonyl (C=O) groups excluding carboxylic acids is 2. The summed E-state index contributed by atoms with van der Waals surface area (Å²) in [4.78, 5) is 30.2. The Hall–Kier alpha value is -3.56. The number of para-hydroxylation sites is 1. The molecule has 1 atom stereocenters. The van der Waals surface area contributed by atoms with E-state index in [4.69, 9.17) is 4.74 Å². The van der Waals surface area contributed by atoms with Crippen LogP contribution in [0.3, 0.4) is 0 Å². The number of benzene rings is 2. The van der Waals surface area contributed by atoms with Crippen LogP contribution in [-0.4, -0.2) is 23.4 Å². The Morgan fingerprint density at radius 2 is 1.74 bits per heavy atom. The second kappa shape index (κ2) is 11.5. The van der Waals surface area contributed by atoms with Gasteiger partial charge in [-0.15, -0.1) is 22.7 Å². The average molecular weight is 496 g/mol. The first-order valence-electron chi connectivity index (χ1n) is 10.5. The SMILES string of the molecule is O=C(Cc1cccs1)Nc1nc(CC(=O)NC(COc2ccccc2F)c2ccccc2)cs1. The van der Waals surface area contributed by atoms with Gasteiger partial charge in [-0.25, -0.2) is 9.37 Å². The molecule has 2 N–H and O–H groups in total. The highest BCUT2D eigenvalue weighted by molar-refractivity contribution is 7.14. The van der Waals surface area contributed by atoms with Gasteiger partial charge in [0.25, 0.3) is 0 Å². The van der Waals surface area contributed by atoms with Crippen LogP contribution in [0.15, 0.2) is 77.5 Å². The van der Waals surface area contributed by atoms with Crippen molar-refractivity contribution in [3.8, 4) is 5.75 Å². The number of amides is 2. The predicted molar refractivity (Wildman–Crippen MR) is 132 cm³/mol. The van der Waals surface area contributed by atoms with Gasteiger partial charge in [0.1, 0.15) is 6.61 Å². The van der Waals surface area contributed by atoms with Crippen molar-refractivity contribution >= 4 is 39.6 Å². The minimum Gasteiger partial charge on any atom is -0.488 e. The highest BCUT2D eigenvalue weighted by Gasteiger charge is 2.18. The lowest BCUT2D eigenvalue weighted by Gasteiger charge is -2.20. The Labute approximate surface area is 204 Å². The van der Waals surface area contributed by atoms with Gasteiger partial charge in [-0.2, -0.15) is 0 Å². The van der Waals surface area contributed by atoms with Crippen molar-refractivity contribution in [2.75, 3.05) is 11.9 Å². The van der Waals surface area contributed by atoms with Crippen LogP contribution in [-0.2, 0) is 22.4 Å². The lowest BCUT2D eigenvalue weighted by atomic mass is 10.1. The molecule has 0 aliphatic heterocycles. The fraction of sp³-hybridized carbons (Fsp3) is 0.160. The Kier molecular flexibility index (Phi) is 8.00. The smallest absolute Gasteiger partial charge is 0.231 e. The molecule has 2 heterocycles. The Morgan fingerprint density at radius 3 is 2.50 bits per heavy atom. The van der Waals surface area contributed by atoms with Crippen LogP contribution in [0.4, 0.5) is 9.52 Å². The zero-order chi connectivity index (χ0) is 23.8. The summed E-state index contributed by atoms with van der Waals surface area (Å²) < 4.78 is 19.6. The number of nitrogens with one attached hydrogen (secondary N) is 2. The molecule has 4 rings (SSSR count). The van der Waals surface area contributed by atoms with Gasteiger partial charge >= 0.3 is 0 Å². The van der Waals surface area contributed by atoms with Crippen LogP contribution in [0.5, 0.6) is 5.75 Å². The summed E-state index contributed by atoms with van der Waals surface area (Å²) >= 11 is 2.79. The molecule has 0 spiro atoms. The monoisotopic (exact) mass is 495 g/mol. The zero-order valence-electron chi connectivity index (χ0n) is 18.1. The zero-order valence-corrected chi connectivity index (χ0v) is 19.7. The van der Waals surface area contributed by atoms with Gasteiger partial charge in [-0.1, -0.05) is 48.5 Å². The molecule has 1 unspecified atom stereocenters. The summed E-state index contributed by atoms with van der Waals surface area (Å²) in [6.07, 6.45) is 0.328. The second-order valence-electron chi connectivity index (χ2n) is 7.40. The van der Waals surface area contributed by atoms with E-state index in [2.05, 4.69) is 15.6 Å². The largest absolute Gasteiger partial charge is 0.488 e. The van der Waals surface area contributed by atoms with Crippen LogP contribution in [0.25, 0.3) is 0 Å². The molecule has 2 aromatic carbocycles. The maximum Gasteiger partial charge on any atom is 0.231 e. The summed E-state index contributed by atoms with van der Waals surface area (Å²) in [5.74, 6) is -0.744. The summed E-state index contributed by atoms with van der Waals surface area (Å²) in [5.41, 5.74) is 1.39. The number of aromatic nitrogens is 1. The van der Waals surface area contributed by atoms with Crippen LogP contribution in [0.1, 0.15) is 22.2 Å². The predicted octanol–water partition coefficient (Wildman–Crippen LogP) is 5.00. The van der Waals surface area contributed by atoms with E-state index in [0.29, 0.717) is 10.8 Å². The number of rotatable bonds is 10. The maximum atomic E-state index is 13.9. The molecule has 2 amide bonds. The number of carbonyl (C=O) groups is 2. The summed E-state index contributed by atoms with van der Waals surface area (Å²) in [7, 11) is 0. The molecule has 0 saturated heterocycles. The van der Waals surface area contributed by atoms with E-state index in [9.17, 15) is 14.0 Å². The number of hydrogen-bond acceptors (Lipinski definition) is 6. The Morgan fingerprint density at radius 1 is 0.941 bits per heavy atom. The van der Waals surface area contributed by atoms with Crippen molar-refractivity contribution in [3.63, 3.8) is 0 Å². The van der Waals surface area contributed by atoms with Gasteiger partial charge in [0.2, 0.25) is 11.8 Å². The average Bonchev–Trinajstić information content (AvgIpc) is 3.50. The van der Waals surface area contributed by atoms with Gasteiger partial charge in [-0.3, -0.25) is 9.59 Å². The normalized spacial score (nSPS) is 11.6. The number of thiophene rings is 1. The van der Waals surface area contributed by atoms with E-state index >= 15 is 0 Å². The fourth-order valence-corrected chi connectivity index (χ4v) is 4.66.